The predicted octanol–water partition coefficient (Wildman–Crippen LogP) is 3.86. The highest BCUT2D eigenvalue weighted by Gasteiger charge is 2.11. The first kappa shape index (κ1) is 16.2. The molecule has 0 aliphatic rings. The fraction of sp³-hybridized carbons (Fsp3) is 0.235. The van der Waals surface area contributed by atoms with Crippen molar-refractivity contribution < 1.29 is 9.84 Å². The second-order valence-electron chi connectivity index (χ2n) is 5.21. The zero-order valence-corrected chi connectivity index (χ0v) is 14.5. The lowest BCUT2D eigenvalue weighted by molar-refractivity contribution is 0.337. The molecule has 0 fully saturated rings. The molecular weight excluding hydrogens is 324 g/mol. The summed E-state index contributed by atoms with van der Waals surface area (Å²) in [6.45, 7) is 6.56. The number of phenolic OH excluding ortho intramolecular Hbond substituents is 1. The molecule has 7 heteroatoms. The first-order valence-corrected chi connectivity index (χ1v) is 8.37. The molecule has 0 saturated carbocycles. The van der Waals surface area contributed by atoms with Crippen molar-refractivity contribution >= 4 is 33.6 Å². The number of nitrogens with one attached hydrogen (secondary N) is 1. The van der Waals surface area contributed by atoms with E-state index in [0.717, 1.165) is 15.8 Å². The number of aromatic nitrogens is 2. The van der Waals surface area contributed by atoms with E-state index in [1.165, 1.54) is 11.2 Å². The molecule has 0 radical (unpaired) electrons. The van der Waals surface area contributed by atoms with Crippen LogP contribution in [0.25, 0.3) is 10.2 Å². The summed E-state index contributed by atoms with van der Waals surface area (Å²) in [6.07, 6.45) is 3.07. The van der Waals surface area contributed by atoms with Gasteiger partial charge in [-0.15, -0.1) is 11.3 Å². The average molecular weight is 342 g/mol. The Morgan fingerprint density at radius 1 is 1.33 bits per heavy atom. The minimum absolute atomic E-state index is 0.113. The fourth-order valence-corrected chi connectivity index (χ4v) is 3.32. The molecule has 0 spiro atoms. The molecule has 3 aromatic rings. The summed E-state index contributed by atoms with van der Waals surface area (Å²) < 4.78 is 5.34. The van der Waals surface area contributed by atoms with Gasteiger partial charge in [0, 0.05) is 16.5 Å². The van der Waals surface area contributed by atoms with Gasteiger partial charge < -0.3 is 9.84 Å². The molecule has 124 valence electrons. The van der Waals surface area contributed by atoms with Gasteiger partial charge in [-0.05, 0) is 38.5 Å². The summed E-state index contributed by atoms with van der Waals surface area (Å²) in [6, 6.07) is 5.11. The molecule has 3 rings (SSSR count). The molecule has 0 saturated heterocycles. The van der Waals surface area contributed by atoms with E-state index < -0.39 is 0 Å². The molecule has 0 amide bonds. The smallest absolute Gasteiger partial charge is 0.158 e. The van der Waals surface area contributed by atoms with Crippen LogP contribution in [-0.2, 0) is 0 Å². The monoisotopic (exact) mass is 342 g/mol. The van der Waals surface area contributed by atoms with Crippen LogP contribution in [0, 0.1) is 13.8 Å². The number of fused-ring (bicyclic) bond motifs is 1. The summed E-state index contributed by atoms with van der Waals surface area (Å²) in [5.41, 5.74) is 4.68. The molecule has 2 heterocycles. The van der Waals surface area contributed by atoms with Gasteiger partial charge in [-0.3, -0.25) is 5.43 Å². The van der Waals surface area contributed by atoms with Crippen LogP contribution in [-0.4, -0.2) is 27.9 Å². The number of ether oxygens (including phenoxy) is 1. The number of aromatic hydroxyl groups is 1. The molecule has 0 aliphatic carbocycles. The van der Waals surface area contributed by atoms with Gasteiger partial charge in [-0.25, -0.2) is 9.97 Å². The SMILES string of the molecule is CCOc1ccc(/C=N/Nc2ncnc3sc(C)c(C)c23)c(O)c1. The first-order valence-electron chi connectivity index (χ1n) is 7.55. The third-order valence-electron chi connectivity index (χ3n) is 3.65. The van der Waals surface area contributed by atoms with E-state index in [4.69, 9.17) is 4.74 Å². The number of rotatable bonds is 5. The standard InChI is InChI=1S/C17H18N4O2S/c1-4-23-13-6-5-12(14(22)7-13)8-20-21-16-15-10(2)11(3)24-17(15)19-9-18-16/h5-9,22H,4H2,1-3H3,(H,18,19,21)/b20-8+. The molecule has 24 heavy (non-hydrogen) atoms. The maximum Gasteiger partial charge on any atom is 0.158 e. The number of thiophene rings is 1. The zero-order valence-electron chi connectivity index (χ0n) is 13.7. The van der Waals surface area contributed by atoms with Crippen LogP contribution in [0.2, 0.25) is 0 Å². The zero-order chi connectivity index (χ0) is 17.1. The van der Waals surface area contributed by atoms with Gasteiger partial charge >= 0.3 is 0 Å². The van der Waals surface area contributed by atoms with Gasteiger partial charge in [0.2, 0.25) is 0 Å². The van der Waals surface area contributed by atoms with E-state index in [-0.39, 0.29) is 5.75 Å². The number of hydrogen-bond donors (Lipinski definition) is 2. The molecule has 0 unspecified atom stereocenters. The second-order valence-corrected chi connectivity index (χ2v) is 6.41. The van der Waals surface area contributed by atoms with Crippen molar-refractivity contribution in [3.8, 4) is 11.5 Å². The number of aryl methyl sites for hydroxylation is 2. The molecule has 0 bridgehead atoms. The van der Waals surface area contributed by atoms with Gasteiger partial charge in [-0.1, -0.05) is 0 Å². The first-order chi connectivity index (χ1) is 11.6. The third kappa shape index (κ3) is 3.16. The Hall–Kier alpha value is -2.67. The lowest BCUT2D eigenvalue weighted by atomic mass is 10.2. The molecule has 2 aromatic heterocycles. The van der Waals surface area contributed by atoms with Crippen molar-refractivity contribution in [1.82, 2.24) is 9.97 Å². The Kier molecular flexibility index (Phi) is 4.61. The van der Waals surface area contributed by atoms with Gasteiger partial charge in [0.15, 0.2) is 5.82 Å². The van der Waals surface area contributed by atoms with Gasteiger partial charge in [0.25, 0.3) is 0 Å². The lowest BCUT2D eigenvalue weighted by Crippen LogP contribution is -1.96. The highest BCUT2D eigenvalue weighted by atomic mass is 32.1. The van der Waals surface area contributed by atoms with Crippen LogP contribution < -0.4 is 10.2 Å². The topological polar surface area (TPSA) is 79.6 Å². The fourth-order valence-electron chi connectivity index (χ4n) is 2.32. The number of phenols is 1. The highest BCUT2D eigenvalue weighted by Crippen LogP contribution is 2.32. The van der Waals surface area contributed by atoms with E-state index in [2.05, 4.69) is 27.4 Å². The van der Waals surface area contributed by atoms with E-state index in [0.29, 0.717) is 23.7 Å². The number of anilines is 1. The molecular formula is C17H18N4O2S. The molecule has 2 N–H and O–H groups in total. The van der Waals surface area contributed by atoms with Crippen LogP contribution in [0.4, 0.5) is 5.82 Å². The molecule has 1 aromatic carbocycles. The number of hydrogen-bond acceptors (Lipinski definition) is 7. The minimum Gasteiger partial charge on any atom is -0.507 e. The third-order valence-corrected chi connectivity index (χ3v) is 4.77. The Balaban J connectivity index is 1.82. The number of nitrogens with zero attached hydrogens (tertiary/aromatic N) is 3. The Bertz CT molecular complexity index is 905. The maximum absolute atomic E-state index is 10.0. The summed E-state index contributed by atoms with van der Waals surface area (Å²) in [5, 5.41) is 15.2. The van der Waals surface area contributed by atoms with Gasteiger partial charge in [-0.2, -0.15) is 5.10 Å². The Labute approximate surface area is 143 Å². The van der Waals surface area contributed by atoms with Crippen molar-refractivity contribution in [3.05, 3.63) is 40.5 Å². The van der Waals surface area contributed by atoms with Crippen LogP contribution in [0.1, 0.15) is 22.9 Å². The quantitative estimate of drug-likeness (QED) is 0.544. The lowest BCUT2D eigenvalue weighted by Gasteiger charge is -2.05. The van der Waals surface area contributed by atoms with E-state index in [1.807, 2.05) is 13.8 Å². The summed E-state index contributed by atoms with van der Waals surface area (Å²) in [4.78, 5) is 10.7. The van der Waals surface area contributed by atoms with Crippen LogP contribution in [0.3, 0.4) is 0 Å². The summed E-state index contributed by atoms with van der Waals surface area (Å²) in [5.74, 6) is 1.40. The molecule has 0 aliphatic heterocycles. The van der Waals surface area contributed by atoms with Crippen molar-refractivity contribution in [2.75, 3.05) is 12.0 Å². The maximum atomic E-state index is 10.0. The molecule has 0 atom stereocenters. The van der Waals surface area contributed by atoms with E-state index in [1.54, 1.807) is 35.8 Å². The van der Waals surface area contributed by atoms with Crippen molar-refractivity contribution in [1.29, 1.82) is 0 Å². The number of hydrazone groups is 1. The van der Waals surface area contributed by atoms with E-state index >= 15 is 0 Å². The normalized spacial score (nSPS) is 11.3. The van der Waals surface area contributed by atoms with Crippen molar-refractivity contribution in [2.45, 2.75) is 20.8 Å². The van der Waals surface area contributed by atoms with E-state index in [9.17, 15) is 5.11 Å². The minimum atomic E-state index is 0.113. The largest absolute Gasteiger partial charge is 0.507 e. The van der Waals surface area contributed by atoms with Gasteiger partial charge in [0.1, 0.15) is 22.7 Å². The second kappa shape index (κ2) is 6.84. The summed E-state index contributed by atoms with van der Waals surface area (Å²) >= 11 is 1.63. The number of benzene rings is 1. The van der Waals surface area contributed by atoms with Crippen LogP contribution in [0.5, 0.6) is 11.5 Å². The average Bonchev–Trinajstić information content (AvgIpc) is 2.85. The predicted molar refractivity (Wildman–Crippen MR) is 97.4 cm³/mol. The highest BCUT2D eigenvalue weighted by molar-refractivity contribution is 7.18. The van der Waals surface area contributed by atoms with Crippen LogP contribution in [0.15, 0.2) is 29.6 Å². The van der Waals surface area contributed by atoms with Crippen molar-refractivity contribution in [3.63, 3.8) is 0 Å². The Morgan fingerprint density at radius 3 is 2.92 bits per heavy atom. The summed E-state index contributed by atoms with van der Waals surface area (Å²) in [7, 11) is 0. The molecule has 6 nitrogen and oxygen atoms in total. The Morgan fingerprint density at radius 2 is 2.17 bits per heavy atom. The van der Waals surface area contributed by atoms with Crippen molar-refractivity contribution in [2.24, 2.45) is 5.10 Å². The van der Waals surface area contributed by atoms with Gasteiger partial charge in [0.05, 0.1) is 18.2 Å². The van der Waals surface area contributed by atoms with Crippen LogP contribution >= 0.6 is 11.3 Å².